The fourth-order valence-electron chi connectivity index (χ4n) is 2.88. The van der Waals surface area contributed by atoms with Crippen LogP contribution in [0.3, 0.4) is 0 Å². The number of hydrogen-bond acceptors (Lipinski definition) is 2. The van der Waals surface area contributed by atoms with Crippen LogP contribution in [0.2, 0.25) is 5.02 Å². The Kier molecular flexibility index (Phi) is 3.46. The number of halogens is 1. The number of nitrogens with zero attached hydrogens (tertiary/aromatic N) is 1. The number of rotatable bonds is 3. The fourth-order valence-corrected chi connectivity index (χ4v) is 3.16. The van der Waals surface area contributed by atoms with E-state index in [0.717, 1.165) is 40.9 Å². The second-order valence-electron chi connectivity index (χ2n) is 5.12. The van der Waals surface area contributed by atoms with E-state index in [2.05, 4.69) is 16.4 Å². The van der Waals surface area contributed by atoms with Gasteiger partial charge >= 0.3 is 0 Å². The highest BCUT2D eigenvalue weighted by atomic mass is 35.5. The number of nitrogens with one attached hydrogen (secondary N) is 2. The summed E-state index contributed by atoms with van der Waals surface area (Å²) in [5, 5.41) is 14.4. The number of nitriles is 1. The molecule has 4 heteroatoms. The normalized spacial score (nSPS) is 22.7. The van der Waals surface area contributed by atoms with Crippen molar-refractivity contribution in [2.24, 2.45) is 5.92 Å². The Labute approximate surface area is 117 Å². The van der Waals surface area contributed by atoms with E-state index in [4.69, 9.17) is 16.9 Å². The van der Waals surface area contributed by atoms with E-state index in [1.165, 1.54) is 0 Å². The molecule has 0 aliphatic heterocycles. The van der Waals surface area contributed by atoms with E-state index >= 15 is 0 Å². The van der Waals surface area contributed by atoms with E-state index in [-0.39, 0.29) is 5.92 Å². The number of aromatic nitrogens is 1. The molecular weight excluding hydrogens is 258 g/mol. The first kappa shape index (κ1) is 12.5. The van der Waals surface area contributed by atoms with Gasteiger partial charge in [-0.25, -0.2) is 0 Å². The quantitative estimate of drug-likeness (QED) is 0.898. The molecule has 0 amide bonds. The molecule has 1 fully saturated rings. The molecule has 1 aliphatic carbocycles. The number of para-hydroxylation sites is 1. The Hall–Kier alpha value is -1.50. The van der Waals surface area contributed by atoms with E-state index < -0.39 is 0 Å². The Morgan fingerprint density at radius 3 is 3.00 bits per heavy atom. The van der Waals surface area contributed by atoms with Crippen molar-refractivity contribution in [3.05, 3.63) is 35.0 Å². The van der Waals surface area contributed by atoms with Crippen LogP contribution in [0.25, 0.3) is 10.9 Å². The Morgan fingerprint density at radius 1 is 1.37 bits per heavy atom. The van der Waals surface area contributed by atoms with Gasteiger partial charge in [0.1, 0.15) is 0 Å². The van der Waals surface area contributed by atoms with Crippen LogP contribution in [0, 0.1) is 17.2 Å². The molecule has 0 spiro atoms. The van der Waals surface area contributed by atoms with E-state index in [1.54, 1.807) is 0 Å². The van der Waals surface area contributed by atoms with Gasteiger partial charge in [-0.2, -0.15) is 5.26 Å². The largest absolute Gasteiger partial charge is 0.356 e. The monoisotopic (exact) mass is 273 g/mol. The van der Waals surface area contributed by atoms with Crippen LogP contribution < -0.4 is 5.32 Å². The third-order valence-corrected chi connectivity index (χ3v) is 4.37. The zero-order chi connectivity index (χ0) is 13.2. The number of aromatic amines is 1. The number of hydrogen-bond donors (Lipinski definition) is 2. The third kappa shape index (κ3) is 2.34. The van der Waals surface area contributed by atoms with Crippen molar-refractivity contribution >= 4 is 22.5 Å². The van der Waals surface area contributed by atoms with Gasteiger partial charge in [-0.05, 0) is 18.9 Å². The lowest BCUT2D eigenvalue weighted by atomic mass is 10.1. The zero-order valence-electron chi connectivity index (χ0n) is 10.6. The lowest BCUT2D eigenvalue weighted by Gasteiger charge is -2.14. The summed E-state index contributed by atoms with van der Waals surface area (Å²) in [6.45, 7) is 0.691. The average Bonchev–Trinajstić information content (AvgIpc) is 3.01. The summed E-state index contributed by atoms with van der Waals surface area (Å²) in [6.07, 6.45) is 3.22. The van der Waals surface area contributed by atoms with Gasteiger partial charge in [0.25, 0.3) is 0 Å². The van der Waals surface area contributed by atoms with E-state index in [9.17, 15) is 0 Å². The van der Waals surface area contributed by atoms with Crippen LogP contribution in [0.1, 0.15) is 25.0 Å². The molecule has 19 heavy (non-hydrogen) atoms. The average molecular weight is 274 g/mol. The van der Waals surface area contributed by atoms with Crippen molar-refractivity contribution in [3.63, 3.8) is 0 Å². The molecule has 0 radical (unpaired) electrons. The first-order chi connectivity index (χ1) is 9.29. The molecule has 2 unspecified atom stereocenters. The van der Waals surface area contributed by atoms with Crippen LogP contribution in [-0.4, -0.2) is 11.0 Å². The molecule has 0 bridgehead atoms. The van der Waals surface area contributed by atoms with Gasteiger partial charge < -0.3 is 10.3 Å². The molecule has 1 aromatic carbocycles. The SMILES string of the molecule is N#CC1CCCC1NCc1[nH]c2ccccc2c1Cl. The minimum Gasteiger partial charge on any atom is -0.356 e. The first-order valence-corrected chi connectivity index (χ1v) is 7.05. The predicted molar refractivity (Wildman–Crippen MR) is 76.9 cm³/mol. The summed E-state index contributed by atoms with van der Waals surface area (Å²) in [4.78, 5) is 3.34. The Morgan fingerprint density at radius 2 is 2.21 bits per heavy atom. The predicted octanol–water partition coefficient (Wildman–Crippen LogP) is 3.60. The molecule has 0 saturated heterocycles. The second-order valence-corrected chi connectivity index (χ2v) is 5.49. The summed E-state index contributed by atoms with van der Waals surface area (Å²) in [7, 11) is 0. The molecule has 2 N–H and O–H groups in total. The van der Waals surface area contributed by atoms with Crippen molar-refractivity contribution in [1.29, 1.82) is 5.26 Å². The second kappa shape index (κ2) is 5.24. The van der Waals surface area contributed by atoms with Gasteiger partial charge in [0.05, 0.1) is 17.0 Å². The summed E-state index contributed by atoms with van der Waals surface area (Å²) in [6, 6.07) is 10.7. The van der Waals surface area contributed by atoms with Crippen LogP contribution in [0.4, 0.5) is 0 Å². The van der Waals surface area contributed by atoms with Gasteiger partial charge in [0.15, 0.2) is 0 Å². The molecule has 3 nitrogen and oxygen atoms in total. The van der Waals surface area contributed by atoms with E-state index in [0.29, 0.717) is 12.6 Å². The van der Waals surface area contributed by atoms with Crippen LogP contribution in [0.15, 0.2) is 24.3 Å². The highest BCUT2D eigenvalue weighted by Crippen LogP contribution is 2.29. The molecule has 2 atom stereocenters. The summed E-state index contributed by atoms with van der Waals surface area (Å²) in [5.74, 6) is 0.142. The summed E-state index contributed by atoms with van der Waals surface area (Å²) < 4.78 is 0. The third-order valence-electron chi connectivity index (χ3n) is 3.94. The topological polar surface area (TPSA) is 51.6 Å². The highest BCUT2D eigenvalue weighted by Gasteiger charge is 2.26. The fraction of sp³-hybridized carbons (Fsp3) is 0.400. The van der Waals surface area contributed by atoms with Crippen LogP contribution in [0.5, 0.6) is 0 Å². The molecule has 3 rings (SSSR count). The van der Waals surface area contributed by atoms with Gasteiger partial charge in [-0.15, -0.1) is 0 Å². The van der Waals surface area contributed by atoms with Crippen molar-refractivity contribution in [2.75, 3.05) is 0 Å². The Bertz CT molecular complexity index is 626. The highest BCUT2D eigenvalue weighted by molar-refractivity contribution is 6.36. The first-order valence-electron chi connectivity index (χ1n) is 6.67. The molecule has 1 heterocycles. The molecule has 1 aromatic heterocycles. The van der Waals surface area contributed by atoms with Crippen molar-refractivity contribution in [3.8, 4) is 6.07 Å². The van der Waals surface area contributed by atoms with Crippen molar-refractivity contribution < 1.29 is 0 Å². The van der Waals surface area contributed by atoms with Gasteiger partial charge in [0.2, 0.25) is 0 Å². The minimum absolute atomic E-state index is 0.142. The van der Waals surface area contributed by atoms with Crippen molar-refractivity contribution in [1.82, 2.24) is 10.3 Å². The summed E-state index contributed by atoms with van der Waals surface area (Å²) in [5.41, 5.74) is 2.07. The van der Waals surface area contributed by atoms with E-state index in [1.807, 2.05) is 24.3 Å². The lowest BCUT2D eigenvalue weighted by molar-refractivity contribution is 0.462. The zero-order valence-corrected chi connectivity index (χ0v) is 11.4. The number of fused-ring (bicyclic) bond motifs is 1. The number of H-pyrrole nitrogens is 1. The van der Waals surface area contributed by atoms with Gasteiger partial charge in [-0.3, -0.25) is 0 Å². The van der Waals surface area contributed by atoms with Crippen molar-refractivity contribution in [2.45, 2.75) is 31.8 Å². The summed E-state index contributed by atoms with van der Waals surface area (Å²) >= 11 is 6.38. The van der Waals surface area contributed by atoms with Gasteiger partial charge in [0, 0.05) is 29.2 Å². The standard InChI is InChI=1S/C15H16ClN3/c16-15-11-5-1-2-6-13(11)19-14(15)9-18-12-7-3-4-10(12)8-17/h1-2,5-6,10,12,18-19H,3-4,7,9H2. The molecule has 98 valence electrons. The minimum atomic E-state index is 0.142. The Balaban J connectivity index is 1.75. The molecule has 2 aromatic rings. The van der Waals surface area contributed by atoms with Crippen LogP contribution >= 0.6 is 11.6 Å². The molecule has 1 aliphatic rings. The molecular formula is C15H16ClN3. The molecule has 1 saturated carbocycles. The maximum absolute atomic E-state index is 9.08. The smallest absolute Gasteiger partial charge is 0.0705 e. The van der Waals surface area contributed by atoms with Gasteiger partial charge in [-0.1, -0.05) is 36.2 Å². The lowest BCUT2D eigenvalue weighted by Crippen LogP contribution is -2.31. The number of benzene rings is 1. The van der Waals surface area contributed by atoms with Crippen LogP contribution in [-0.2, 0) is 6.54 Å². The maximum atomic E-state index is 9.08. The maximum Gasteiger partial charge on any atom is 0.0705 e.